The van der Waals surface area contributed by atoms with Crippen molar-refractivity contribution in [1.82, 2.24) is 0 Å². The molecule has 0 radical (unpaired) electrons. The van der Waals surface area contributed by atoms with Gasteiger partial charge in [-0.15, -0.1) is 11.8 Å². The predicted molar refractivity (Wildman–Crippen MR) is 115 cm³/mol. The molecule has 1 saturated heterocycles. The van der Waals surface area contributed by atoms with Gasteiger partial charge in [0, 0.05) is 54.4 Å². The predicted octanol–water partition coefficient (Wildman–Crippen LogP) is 3.67. The van der Waals surface area contributed by atoms with E-state index in [2.05, 4.69) is 5.32 Å². The average Bonchev–Trinajstić information content (AvgIpc) is 3.17. The summed E-state index contributed by atoms with van der Waals surface area (Å²) in [6, 6.07) is 15.2. The van der Waals surface area contributed by atoms with Gasteiger partial charge in [-0.1, -0.05) is 18.2 Å². The highest BCUT2D eigenvalue weighted by atomic mass is 32.2. The molecule has 2 aromatic rings. The Balaban J connectivity index is 1.34. The van der Waals surface area contributed by atoms with Crippen molar-refractivity contribution >= 4 is 46.5 Å². The van der Waals surface area contributed by atoms with Gasteiger partial charge in [0.25, 0.3) is 0 Å². The first-order valence-corrected chi connectivity index (χ1v) is 10.8. The standard InChI is InChI=1S/C22H23N3O3S/c26-20(23-16-5-3-6-17(15-16)24-12-4-9-21(24)27)10-11-22(28)25-13-14-29-19-8-2-1-7-18(19)25/h1-3,5-8,15H,4,9-14H2,(H,23,26). The number of rotatable bonds is 5. The van der Waals surface area contributed by atoms with Gasteiger partial charge >= 0.3 is 0 Å². The van der Waals surface area contributed by atoms with Gasteiger partial charge in [0.05, 0.1) is 5.69 Å². The Morgan fingerprint density at radius 3 is 2.72 bits per heavy atom. The molecule has 4 rings (SSSR count). The normalized spacial score (nSPS) is 15.9. The third-order valence-electron chi connectivity index (χ3n) is 5.11. The van der Waals surface area contributed by atoms with Crippen LogP contribution in [0.4, 0.5) is 17.1 Å². The first-order chi connectivity index (χ1) is 14.1. The van der Waals surface area contributed by atoms with E-state index in [9.17, 15) is 14.4 Å². The second kappa shape index (κ2) is 8.69. The van der Waals surface area contributed by atoms with Crippen molar-refractivity contribution in [3.05, 3.63) is 48.5 Å². The SMILES string of the molecule is O=C(CCC(=O)N1CCSc2ccccc21)Nc1cccc(N2CCCC2=O)c1. The van der Waals surface area contributed by atoms with Gasteiger partial charge in [0.2, 0.25) is 17.7 Å². The molecule has 3 amide bonds. The van der Waals surface area contributed by atoms with Gasteiger partial charge in [-0.25, -0.2) is 0 Å². The van der Waals surface area contributed by atoms with Crippen molar-refractivity contribution in [3.63, 3.8) is 0 Å². The lowest BCUT2D eigenvalue weighted by Crippen LogP contribution is -2.35. The number of nitrogens with one attached hydrogen (secondary N) is 1. The second-order valence-corrected chi connectivity index (χ2v) is 8.25. The number of hydrogen-bond acceptors (Lipinski definition) is 4. The molecule has 6 nitrogen and oxygen atoms in total. The molecule has 0 aromatic heterocycles. The van der Waals surface area contributed by atoms with E-state index in [0.29, 0.717) is 25.2 Å². The van der Waals surface area contributed by atoms with Gasteiger partial charge in [0.15, 0.2) is 0 Å². The van der Waals surface area contributed by atoms with E-state index < -0.39 is 0 Å². The first kappa shape index (κ1) is 19.5. The van der Waals surface area contributed by atoms with Gasteiger partial charge in [-0.05, 0) is 36.8 Å². The highest BCUT2D eigenvalue weighted by Crippen LogP contribution is 2.34. The van der Waals surface area contributed by atoms with Crippen LogP contribution in [0.1, 0.15) is 25.7 Å². The van der Waals surface area contributed by atoms with E-state index in [1.807, 2.05) is 36.4 Å². The highest BCUT2D eigenvalue weighted by molar-refractivity contribution is 7.99. The Morgan fingerprint density at radius 1 is 1.03 bits per heavy atom. The number of carbonyl (C=O) groups is 3. The summed E-state index contributed by atoms with van der Waals surface area (Å²) in [6.45, 7) is 1.37. The number of para-hydroxylation sites is 1. The molecule has 2 aliphatic rings. The van der Waals surface area contributed by atoms with Crippen LogP contribution >= 0.6 is 11.8 Å². The van der Waals surface area contributed by atoms with Gasteiger partial charge < -0.3 is 15.1 Å². The molecule has 0 spiro atoms. The zero-order valence-electron chi connectivity index (χ0n) is 16.1. The Hall–Kier alpha value is -2.80. The molecule has 2 heterocycles. The summed E-state index contributed by atoms with van der Waals surface area (Å²) in [5.74, 6) is 0.725. The molecule has 150 valence electrons. The molecule has 0 bridgehead atoms. The summed E-state index contributed by atoms with van der Waals surface area (Å²) < 4.78 is 0. The maximum Gasteiger partial charge on any atom is 0.227 e. The number of nitrogens with zero attached hydrogens (tertiary/aromatic N) is 2. The number of amides is 3. The van der Waals surface area contributed by atoms with Crippen LogP contribution in [-0.4, -0.2) is 36.6 Å². The zero-order chi connectivity index (χ0) is 20.2. The van der Waals surface area contributed by atoms with Gasteiger partial charge in [-0.3, -0.25) is 14.4 Å². The minimum absolute atomic E-state index is 0.0377. The maximum absolute atomic E-state index is 12.7. The average molecular weight is 410 g/mol. The molecule has 0 atom stereocenters. The lowest BCUT2D eigenvalue weighted by molar-refractivity contribution is -0.122. The maximum atomic E-state index is 12.7. The van der Waals surface area contributed by atoms with Crippen LogP contribution in [0.25, 0.3) is 0 Å². The largest absolute Gasteiger partial charge is 0.326 e. The van der Waals surface area contributed by atoms with Crippen LogP contribution in [0.15, 0.2) is 53.4 Å². The molecular weight excluding hydrogens is 386 g/mol. The van der Waals surface area contributed by atoms with Crippen molar-refractivity contribution in [3.8, 4) is 0 Å². The fourth-order valence-electron chi connectivity index (χ4n) is 3.68. The molecule has 7 heteroatoms. The van der Waals surface area contributed by atoms with E-state index in [1.165, 1.54) is 0 Å². The van der Waals surface area contributed by atoms with Gasteiger partial charge in [-0.2, -0.15) is 0 Å². The number of hydrogen-bond donors (Lipinski definition) is 1. The fraction of sp³-hybridized carbons (Fsp3) is 0.318. The van der Waals surface area contributed by atoms with Crippen molar-refractivity contribution in [2.24, 2.45) is 0 Å². The van der Waals surface area contributed by atoms with E-state index >= 15 is 0 Å². The summed E-state index contributed by atoms with van der Waals surface area (Å²) in [4.78, 5) is 41.6. The van der Waals surface area contributed by atoms with E-state index in [4.69, 9.17) is 0 Å². The number of thioether (sulfide) groups is 1. The topological polar surface area (TPSA) is 69.7 Å². The highest BCUT2D eigenvalue weighted by Gasteiger charge is 2.24. The lowest BCUT2D eigenvalue weighted by Gasteiger charge is -2.29. The van der Waals surface area contributed by atoms with E-state index in [-0.39, 0.29) is 30.6 Å². The summed E-state index contributed by atoms with van der Waals surface area (Å²) in [5.41, 5.74) is 2.36. The second-order valence-electron chi connectivity index (χ2n) is 7.11. The Bertz CT molecular complexity index is 946. The lowest BCUT2D eigenvalue weighted by atomic mass is 10.2. The summed E-state index contributed by atoms with van der Waals surface area (Å²) in [7, 11) is 0. The molecule has 0 aliphatic carbocycles. The summed E-state index contributed by atoms with van der Waals surface area (Å²) in [5, 5.41) is 2.85. The van der Waals surface area contributed by atoms with Gasteiger partial charge in [0.1, 0.15) is 0 Å². The summed E-state index contributed by atoms with van der Waals surface area (Å²) in [6.07, 6.45) is 1.71. The van der Waals surface area contributed by atoms with Crippen LogP contribution in [0.2, 0.25) is 0 Å². The van der Waals surface area contributed by atoms with Crippen molar-refractivity contribution in [2.45, 2.75) is 30.6 Å². The van der Waals surface area contributed by atoms with Crippen LogP contribution in [0.3, 0.4) is 0 Å². The van der Waals surface area contributed by atoms with E-state index in [0.717, 1.165) is 28.4 Å². The molecule has 0 unspecified atom stereocenters. The first-order valence-electron chi connectivity index (χ1n) is 9.84. The molecule has 0 saturated carbocycles. The zero-order valence-corrected chi connectivity index (χ0v) is 16.9. The smallest absolute Gasteiger partial charge is 0.227 e. The quantitative estimate of drug-likeness (QED) is 0.818. The molecule has 1 fully saturated rings. The minimum Gasteiger partial charge on any atom is -0.326 e. The molecule has 2 aromatic carbocycles. The van der Waals surface area contributed by atoms with Crippen molar-refractivity contribution in [1.29, 1.82) is 0 Å². The van der Waals surface area contributed by atoms with Crippen LogP contribution < -0.4 is 15.1 Å². The Kier molecular flexibility index (Phi) is 5.85. The van der Waals surface area contributed by atoms with Crippen LogP contribution in [-0.2, 0) is 14.4 Å². The molecular formula is C22H23N3O3S. The number of fused-ring (bicyclic) bond motifs is 1. The van der Waals surface area contributed by atoms with E-state index in [1.54, 1.807) is 33.7 Å². The molecule has 1 N–H and O–H groups in total. The number of benzene rings is 2. The third-order valence-corrected chi connectivity index (χ3v) is 6.15. The third kappa shape index (κ3) is 4.45. The van der Waals surface area contributed by atoms with Crippen molar-refractivity contribution < 1.29 is 14.4 Å². The van der Waals surface area contributed by atoms with Crippen LogP contribution in [0, 0.1) is 0 Å². The Morgan fingerprint density at radius 2 is 1.90 bits per heavy atom. The van der Waals surface area contributed by atoms with Crippen LogP contribution in [0.5, 0.6) is 0 Å². The monoisotopic (exact) mass is 409 g/mol. The molecule has 2 aliphatic heterocycles. The minimum atomic E-state index is -0.206. The molecule has 29 heavy (non-hydrogen) atoms. The number of carbonyl (C=O) groups excluding carboxylic acids is 3. The number of anilines is 3. The van der Waals surface area contributed by atoms with Crippen molar-refractivity contribution in [2.75, 3.05) is 34.0 Å². The summed E-state index contributed by atoms with van der Waals surface area (Å²) >= 11 is 1.75. The Labute approximate surface area is 174 Å². The fourth-order valence-corrected chi connectivity index (χ4v) is 4.67.